The molecule has 3 rings (SSSR count). The summed E-state index contributed by atoms with van der Waals surface area (Å²) in [5.41, 5.74) is 2.53. The summed E-state index contributed by atoms with van der Waals surface area (Å²) in [4.78, 5) is 11.3. The van der Waals surface area contributed by atoms with E-state index in [0.717, 1.165) is 43.4 Å². The first-order valence-electron chi connectivity index (χ1n) is 13.2. The van der Waals surface area contributed by atoms with Crippen molar-refractivity contribution in [3.05, 3.63) is 70.0 Å². The van der Waals surface area contributed by atoms with E-state index < -0.39 is 11.7 Å². The number of alkyl halides is 3. The third-order valence-corrected chi connectivity index (χ3v) is 7.73. The van der Waals surface area contributed by atoms with Gasteiger partial charge in [-0.25, -0.2) is 4.39 Å². The van der Waals surface area contributed by atoms with E-state index in [-0.39, 0.29) is 35.8 Å². The molecule has 4 atom stereocenters. The SMILES string of the molecule is CNC=O.Cc1cc(C(C)N2CCC(C)(CCC(C)CO)CC2c2ccc(F)cc2C)cc(C(F)(F)F)c1. The van der Waals surface area contributed by atoms with Gasteiger partial charge in [-0.1, -0.05) is 31.5 Å². The van der Waals surface area contributed by atoms with Crippen molar-refractivity contribution in [3.63, 3.8) is 0 Å². The van der Waals surface area contributed by atoms with Crippen LogP contribution in [0.5, 0.6) is 0 Å². The number of halogens is 4. The second-order valence-electron chi connectivity index (χ2n) is 11.1. The van der Waals surface area contributed by atoms with Crippen molar-refractivity contribution in [2.45, 2.75) is 78.6 Å². The van der Waals surface area contributed by atoms with Gasteiger partial charge in [-0.3, -0.25) is 9.69 Å². The minimum atomic E-state index is -4.39. The summed E-state index contributed by atoms with van der Waals surface area (Å²) < 4.78 is 54.4. The number of hydrogen-bond donors (Lipinski definition) is 2. The quantitative estimate of drug-likeness (QED) is 0.278. The predicted octanol–water partition coefficient (Wildman–Crippen LogP) is 7.14. The van der Waals surface area contributed by atoms with Crippen molar-refractivity contribution < 1.29 is 27.5 Å². The van der Waals surface area contributed by atoms with Crippen molar-refractivity contribution in [3.8, 4) is 0 Å². The number of hydrogen-bond acceptors (Lipinski definition) is 3. The molecule has 0 spiro atoms. The van der Waals surface area contributed by atoms with Crippen LogP contribution in [-0.4, -0.2) is 36.6 Å². The number of aryl methyl sites for hydroxylation is 2. The Morgan fingerprint density at radius 2 is 1.84 bits per heavy atom. The van der Waals surface area contributed by atoms with E-state index in [2.05, 4.69) is 17.1 Å². The van der Waals surface area contributed by atoms with Crippen molar-refractivity contribution in [1.82, 2.24) is 10.2 Å². The van der Waals surface area contributed by atoms with Crippen LogP contribution in [0.2, 0.25) is 0 Å². The third-order valence-electron chi connectivity index (χ3n) is 7.73. The molecule has 0 saturated carbocycles. The highest BCUT2D eigenvalue weighted by atomic mass is 19.4. The molecule has 1 aliphatic heterocycles. The zero-order chi connectivity index (χ0) is 28.7. The Morgan fingerprint density at radius 3 is 2.39 bits per heavy atom. The molecule has 4 unspecified atom stereocenters. The Labute approximate surface area is 224 Å². The number of carbonyl (C=O) groups is 1. The van der Waals surface area contributed by atoms with Crippen LogP contribution < -0.4 is 5.32 Å². The Hall–Kier alpha value is -2.45. The van der Waals surface area contributed by atoms with Crippen LogP contribution >= 0.6 is 0 Å². The van der Waals surface area contributed by atoms with Gasteiger partial charge in [0.05, 0.1) is 5.56 Å². The summed E-state index contributed by atoms with van der Waals surface area (Å²) >= 11 is 0. The molecule has 2 aromatic rings. The van der Waals surface area contributed by atoms with Gasteiger partial charge in [0.25, 0.3) is 0 Å². The van der Waals surface area contributed by atoms with Crippen molar-refractivity contribution in [1.29, 1.82) is 0 Å². The first-order valence-corrected chi connectivity index (χ1v) is 13.2. The highest BCUT2D eigenvalue weighted by molar-refractivity contribution is 5.44. The van der Waals surface area contributed by atoms with E-state index >= 15 is 0 Å². The molecule has 1 fully saturated rings. The number of benzene rings is 2. The molecule has 2 aromatic carbocycles. The van der Waals surface area contributed by atoms with Gasteiger partial charge in [0.1, 0.15) is 5.82 Å². The minimum absolute atomic E-state index is 0.0337. The maximum atomic E-state index is 13.9. The van der Waals surface area contributed by atoms with Crippen LogP contribution in [0.3, 0.4) is 0 Å². The fourth-order valence-electron chi connectivity index (χ4n) is 5.33. The smallest absolute Gasteiger partial charge is 0.396 e. The van der Waals surface area contributed by atoms with Gasteiger partial charge < -0.3 is 10.4 Å². The maximum Gasteiger partial charge on any atom is 0.416 e. The summed E-state index contributed by atoms with van der Waals surface area (Å²) in [6, 6.07) is 8.87. The molecule has 0 aliphatic carbocycles. The highest BCUT2D eigenvalue weighted by Crippen LogP contribution is 2.48. The van der Waals surface area contributed by atoms with Gasteiger partial charge in [-0.2, -0.15) is 13.2 Å². The van der Waals surface area contributed by atoms with Crippen LogP contribution in [0.25, 0.3) is 0 Å². The molecule has 0 radical (unpaired) electrons. The second kappa shape index (κ2) is 13.6. The zero-order valence-corrected chi connectivity index (χ0v) is 23.3. The molecule has 1 heterocycles. The van der Waals surface area contributed by atoms with Gasteiger partial charge in [0.15, 0.2) is 0 Å². The normalized spacial score (nSPS) is 21.7. The summed E-state index contributed by atoms with van der Waals surface area (Å²) in [7, 11) is 1.56. The van der Waals surface area contributed by atoms with E-state index in [1.165, 1.54) is 24.3 Å². The van der Waals surface area contributed by atoms with Crippen molar-refractivity contribution >= 4 is 6.41 Å². The molecule has 1 saturated heterocycles. The third kappa shape index (κ3) is 8.53. The summed E-state index contributed by atoms with van der Waals surface area (Å²) in [6.45, 7) is 10.8. The average Bonchev–Trinajstić information content (AvgIpc) is 2.86. The molecule has 0 aromatic heterocycles. The first-order chi connectivity index (χ1) is 17.7. The van der Waals surface area contributed by atoms with Crippen LogP contribution in [0.15, 0.2) is 36.4 Å². The van der Waals surface area contributed by atoms with E-state index in [0.29, 0.717) is 17.5 Å². The highest BCUT2D eigenvalue weighted by Gasteiger charge is 2.40. The molecule has 8 heteroatoms. The lowest BCUT2D eigenvalue weighted by Gasteiger charge is -2.48. The number of carbonyl (C=O) groups excluding carboxylic acids is 1. The van der Waals surface area contributed by atoms with Gasteiger partial charge in [-0.05, 0) is 105 Å². The van der Waals surface area contributed by atoms with Crippen LogP contribution in [0.1, 0.15) is 86.4 Å². The van der Waals surface area contributed by atoms with E-state index in [4.69, 9.17) is 4.79 Å². The molecular weight excluding hydrogens is 496 g/mol. The topological polar surface area (TPSA) is 52.6 Å². The molecule has 1 aliphatic rings. The van der Waals surface area contributed by atoms with Gasteiger partial charge in [0, 0.05) is 25.7 Å². The number of nitrogens with zero attached hydrogens (tertiary/aromatic N) is 1. The number of piperidine rings is 1. The second-order valence-corrected chi connectivity index (χ2v) is 11.1. The largest absolute Gasteiger partial charge is 0.416 e. The molecule has 4 nitrogen and oxygen atoms in total. The molecule has 2 N–H and O–H groups in total. The van der Waals surface area contributed by atoms with E-state index in [1.54, 1.807) is 14.0 Å². The Balaban J connectivity index is 0.00000118. The number of rotatable bonds is 8. The zero-order valence-electron chi connectivity index (χ0n) is 23.3. The Kier molecular flexibility index (Phi) is 11.3. The van der Waals surface area contributed by atoms with Crippen LogP contribution in [0, 0.1) is 31.0 Å². The van der Waals surface area contributed by atoms with E-state index in [9.17, 15) is 22.7 Å². The summed E-state index contributed by atoms with van der Waals surface area (Å²) in [5, 5.41) is 11.7. The number of likely N-dealkylation sites (tertiary alicyclic amines) is 1. The standard InChI is InChI=1S/C28H37F4NO.C2H5NO/c1-18(17-34)8-9-27(5)10-11-33(26(16-27)25-7-6-24(29)14-20(25)3)21(4)22-12-19(2)13-23(15-22)28(30,31)32;1-3-2-4/h6-7,12-15,18,21,26,34H,8-11,16-17H2,1-5H3;2H,1H3,(H,3,4). The lowest BCUT2D eigenvalue weighted by Crippen LogP contribution is -2.43. The molecule has 38 heavy (non-hydrogen) atoms. The van der Waals surface area contributed by atoms with Crippen LogP contribution in [-0.2, 0) is 11.0 Å². The number of aliphatic hydroxyl groups is 1. The lowest BCUT2D eigenvalue weighted by molar-refractivity contribution is -0.137. The monoisotopic (exact) mass is 538 g/mol. The molecule has 212 valence electrons. The number of amides is 1. The molecular formula is C30H42F4N2O2. The van der Waals surface area contributed by atoms with Crippen LogP contribution in [0.4, 0.5) is 17.6 Å². The summed E-state index contributed by atoms with van der Waals surface area (Å²) in [6.07, 6.45) is -0.123. The lowest BCUT2D eigenvalue weighted by atomic mass is 9.70. The minimum Gasteiger partial charge on any atom is -0.396 e. The van der Waals surface area contributed by atoms with Gasteiger partial charge in [-0.15, -0.1) is 0 Å². The average molecular weight is 539 g/mol. The predicted molar refractivity (Wildman–Crippen MR) is 143 cm³/mol. The maximum absolute atomic E-state index is 13.9. The Morgan fingerprint density at radius 1 is 1.18 bits per heavy atom. The van der Waals surface area contributed by atoms with E-state index in [1.807, 2.05) is 32.9 Å². The fourth-order valence-corrected chi connectivity index (χ4v) is 5.33. The van der Waals surface area contributed by atoms with Crippen molar-refractivity contribution in [2.75, 3.05) is 20.2 Å². The molecule has 0 bridgehead atoms. The number of aliphatic hydroxyl groups excluding tert-OH is 1. The van der Waals surface area contributed by atoms with Gasteiger partial charge in [0.2, 0.25) is 6.41 Å². The summed E-state index contributed by atoms with van der Waals surface area (Å²) in [5.74, 6) is -0.0578. The number of nitrogens with one attached hydrogen (secondary N) is 1. The van der Waals surface area contributed by atoms with Gasteiger partial charge >= 0.3 is 6.18 Å². The first kappa shape index (κ1) is 31.8. The van der Waals surface area contributed by atoms with Crippen molar-refractivity contribution in [2.24, 2.45) is 11.3 Å². The Bertz CT molecular complexity index is 1060. The molecule has 1 amide bonds. The fraction of sp³-hybridized carbons (Fsp3) is 0.567.